The van der Waals surface area contributed by atoms with Crippen molar-refractivity contribution in [3.05, 3.63) is 77.9 Å². The SMILES string of the molecule is C=CCN(C)CC1OC(c2cccc(NC(=O)NCC)c2)OC(c2ccc(CO)cc2)C1C. The summed E-state index contributed by atoms with van der Waals surface area (Å²) in [4.78, 5) is 14.1. The third-order valence-electron chi connectivity index (χ3n) is 5.81. The number of anilines is 1. The van der Waals surface area contributed by atoms with E-state index < -0.39 is 6.29 Å². The number of hydrogen-bond acceptors (Lipinski definition) is 5. The van der Waals surface area contributed by atoms with E-state index in [0.29, 0.717) is 12.2 Å². The highest BCUT2D eigenvalue weighted by atomic mass is 16.7. The number of urea groups is 1. The fourth-order valence-electron chi connectivity index (χ4n) is 4.03. The molecule has 1 heterocycles. The molecule has 0 aliphatic carbocycles. The molecular formula is C26H35N3O4. The maximum Gasteiger partial charge on any atom is 0.319 e. The Hall–Kier alpha value is -2.71. The summed E-state index contributed by atoms with van der Waals surface area (Å²) >= 11 is 0. The Morgan fingerprint density at radius 1 is 1.18 bits per heavy atom. The Bertz CT molecular complexity index is 918. The summed E-state index contributed by atoms with van der Waals surface area (Å²) in [6.45, 7) is 9.90. The van der Waals surface area contributed by atoms with Gasteiger partial charge in [-0.3, -0.25) is 0 Å². The van der Waals surface area contributed by atoms with Gasteiger partial charge in [-0.15, -0.1) is 6.58 Å². The van der Waals surface area contributed by atoms with Gasteiger partial charge in [0, 0.05) is 36.8 Å². The van der Waals surface area contributed by atoms with Gasteiger partial charge in [-0.25, -0.2) is 4.79 Å². The van der Waals surface area contributed by atoms with Crippen LogP contribution in [0.5, 0.6) is 0 Å². The zero-order valence-electron chi connectivity index (χ0n) is 19.7. The van der Waals surface area contributed by atoms with Gasteiger partial charge in [0.2, 0.25) is 0 Å². The minimum absolute atomic E-state index is 0.00741. The second-order valence-corrected chi connectivity index (χ2v) is 8.44. The molecule has 0 spiro atoms. The van der Waals surface area contributed by atoms with Gasteiger partial charge in [0.25, 0.3) is 0 Å². The molecule has 0 bridgehead atoms. The highest BCUT2D eigenvalue weighted by Gasteiger charge is 2.38. The normalized spacial score (nSPS) is 22.7. The predicted molar refractivity (Wildman–Crippen MR) is 130 cm³/mol. The van der Waals surface area contributed by atoms with Crippen LogP contribution in [0.4, 0.5) is 10.5 Å². The second-order valence-electron chi connectivity index (χ2n) is 8.44. The molecule has 7 heteroatoms. The van der Waals surface area contributed by atoms with Gasteiger partial charge in [0.1, 0.15) is 0 Å². The van der Waals surface area contributed by atoms with Crippen LogP contribution in [0.15, 0.2) is 61.2 Å². The van der Waals surface area contributed by atoms with E-state index in [-0.39, 0.29) is 30.8 Å². The lowest BCUT2D eigenvalue weighted by Crippen LogP contribution is -2.43. The first-order valence-electron chi connectivity index (χ1n) is 11.4. The second kappa shape index (κ2) is 12.0. The minimum atomic E-state index is -0.582. The summed E-state index contributed by atoms with van der Waals surface area (Å²) in [6, 6.07) is 15.2. The fourth-order valence-corrected chi connectivity index (χ4v) is 4.03. The van der Waals surface area contributed by atoms with E-state index >= 15 is 0 Å². The Morgan fingerprint density at radius 2 is 1.94 bits per heavy atom. The molecule has 178 valence electrons. The van der Waals surface area contributed by atoms with Crippen LogP contribution in [0.3, 0.4) is 0 Å². The number of aliphatic hydroxyl groups is 1. The van der Waals surface area contributed by atoms with E-state index in [9.17, 15) is 9.90 Å². The molecule has 7 nitrogen and oxygen atoms in total. The molecular weight excluding hydrogens is 418 g/mol. The maximum absolute atomic E-state index is 12.0. The Balaban J connectivity index is 1.87. The number of carbonyl (C=O) groups excluding carboxylic acids is 1. The van der Waals surface area contributed by atoms with Crippen LogP contribution in [0, 0.1) is 5.92 Å². The minimum Gasteiger partial charge on any atom is -0.392 e. The van der Waals surface area contributed by atoms with Crippen molar-refractivity contribution in [1.29, 1.82) is 0 Å². The number of nitrogens with zero attached hydrogens (tertiary/aromatic N) is 1. The first-order valence-corrected chi connectivity index (χ1v) is 11.4. The predicted octanol–water partition coefficient (Wildman–Crippen LogP) is 4.23. The van der Waals surface area contributed by atoms with Crippen molar-refractivity contribution in [2.45, 2.75) is 39.0 Å². The summed E-state index contributed by atoms with van der Waals surface area (Å²) < 4.78 is 12.9. The zero-order valence-corrected chi connectivity index (χ0v) is 19.7. The lowest BCUT2D eigenvalue weighted by molar-refractivity contribution is -0.275. The van der Waals surface area contributed by atoms with Crippen LogP contribution in [-0.2, 0) is 16.1 Å². The number of benzene rings is 2. The standard InChI is InChI=1S/C26H35N3O4/c1-5-14-29(4)16-23-18(3)24(20-12-10-19(17-30)11-13-20)33-25(32-23)21-8-7-9-22(15-21)28-26(31)27-6-2/h5,7-13,15,18,23-25,30H,1,6,14,16-17H2,2-4H3,(H2,27,28,31). The van der Waals surface area contributed by atoms with Crippen molar-refractivity contribution in [2.75, 3.05) is 32.0 Å². The zero-order chi connectivity index (χ0) is 23.8. The van der Waals surface area contributed by atoms with E-state index in [1.54, 1.807) is 0 Å². The first kappa shape index (κ1) is 24.9. The van der Waals surface area contributed by atoms with Crippen molar-refractivity contribution >= 4 is 11.7 Å². The van der Waals surface area contributed by atoms with E-state index in [0.717, 1.165) is 29.8 Å². The monoisotopic (exact) mass is 453 g/mol. The van der Waals surface area contributed by atoms with E-state index in [1.165, 1.54) is 0 Å². The van der Waals surface area contributed by atoms with Gasteiger partial charge in [0.05, 0.1) is 18.8 Å². The maximum atomic E-state index is 12.0. The fraction of sp³-hybridized carbons (Fsp3) is 0.423. The number of aliphatic hydroxyl groups excluding tert-OH is 1. The highest BCUT2D eigenvalue weighted by Crippen LogP contribution is 2.42. The molecule has 1 fully saturated rings. The molecule has 2 aromatic rings. The van der Waals surface area contributed by atoms with E-state index in [1.807, 2.05) is 68.6 Å². The van der Waals surface area contributed by atoms with Crippen LogP contribution in [0.25, 0.3) is 0 Å². The smallest absolute Gasteiger partial charge is 0.319 e. The lowest BCUT2D eigenvalue weighted by atomic mass is 9.90. The van der Waals surface area contributed by atoms with Crippen LogP contribution < -0.4 is 10.6 Å². The summed E-state index contributed by atoms with van der Waals surface area (Å²) in [5.41, 5.74) is 3.42. The van der Waals surface area contributed by atoms with Gasteiger partial charge in [-0.05, 0) is 37.2 Å². The molecule has 1 aliphatic rings. The molecule has 2 amide bonds. The summed E-state index contributed by atoms with van der Waals surface area (Å²) in [6.07, 6.45) is 1.04. The third kappa shape index (κ3) is 6.65. The molecule has 2 aromatic carbocycles. The number of amides is 2. The van der Waals surface area contributed by atoms with Gasteiger partial charge in [-0.2, -0.15) is 0 Å². The number of rotatable bonds is 9. The lowest BCUT2D eigenvalue weighted by Gasteiger charge is -2.42. The quantitative estimate of drug-likeness (QED) is 0.495. The van der Waals surface area contributed by atoms with Gasteiger partial charge in [-0.1, -0.05) is 49.4 Å². The average Bonchev–Trinajstić information content (AvgIpc) is 2.81. The van der Waals surface area contributed by atoms with Crippen LogP contribution in [-0.4, -0.2) is 48.8 Å². The molecule has 3 rings (SSSR count). The van der Waals surface area contributed by atoms with Crippen molar-refractivity contribution in [3.8, 4) is 0 Å². The van der Waals surface area contributed by atoms with Gasteiger partial charge in [0.15, 0.2) is 6.29 Å². The van der Waals surface area contributed by atoms with Crippen molar-refractivity contribution < 1.29 is 19.4 Å². The van der Waals surface area contributed by atoms with E-state index in [4.69, 9.17) is 9.47 Å². The average molecular weight is 454 g/mol. The van der Waals surface area contributed by atoms with Crippen molar-refractivity contribution in [2.24, 2.45) is 5.92 Å². The molecule has 0 radical (unpaired) electrons. The molecule has 4 atom stereocenters. The molecule has 1 aliphatic heterocycles. The molecule has 3 N–H and O–H groups in total. The topological polar surface area (TPSA) is 83.1 Å². The number of carbonyl (C=O) groups is 1. The highest BCUT2D eigenvalue weighted by molar-refractivity contribution is 5.89. The van der Waals surface area contributed by atoms with Gasteiger partial charge >= 0.3 is 6.03 Å². The van der Waals surface area contributed by atoms with Crippen molar-refractivity contribution in [1.82, 2.24) is 10.2 Å². The Kier molecular flexibility index (Phi) is 9.03. The molecule has 1 saturated heterocycles. The third-order valence-corrected chi connectivity index (χ3v) is 5.81. The molecule has 0 aromatic heterocycles. The Labute approximate surface area is 196 Å². The molecule has 33 heavy (non-hydrogen) atoms. The summed E-state index contributed by atoms with van der Waals surface area (Å²) in [5.74, 6) is 0.102. The number of hydrogen-bond donors (Lipinski definition) is 3. The molecule has 0 saturated carbocycles. The van der Waals surface area contributed by atoms with E-state index in [2.05, 4.69) is 29.0 Å². The molecule has 4 unspecified atom stereocenters. The first-order chi connectivity index (χ1) is 15.9. The van der Waals surface area contributed by atoms with Crippen LogP contribution in [0.1, 0.15) is 42.9 Å². The summed E-state index contributed by atoms with van der Waals surface area (Å²) in [5, 5.41) is 15.0. The number of nitrogens with one attached hydrogen (secondary N) is 2. The number of likely N-dealkylation sites (N-methyl/N-ethyl adjacent to an activating group) is 1. The number of ether oxygens (including phenoxy) is 2. The largest absolute Gasteiger partial charge is 0.392 e. The van der Waals surface area contributed by atoms with Crippen molar-refractivity contribution in [3.63, 3.8) is 0 Å². The summed E-state index contributed by atoms with van der Waals surface area (Å²) in [7, 11) is 2.05. The van der Waals surface area contributed by atoms with Gasteiger partial charge < -0.3 is 30.1 Å². The Morgan fingerprint density at radius 3 is 2.61 bits per heavy atom. The van der Waals surface area contributed by atoms with Crippen LogP contribution in [0.2, 0.25) is 0 Å². The van der Waals surface area contributed by atoms with Crippen LogP contribution >= 0.6 is 0 Å².